The van der Waals surface area contributed by atoms with Gasteiger partial charge in [-0.1, -0.05) is 18.2 Å². The third kappa shape index (κ3) is 4.29. The SMILES string of the molecule is O=C(Cc1csc(NC[C@H]2CCCO2)n1)Nc1ccccc1. The molecule has 1 aliphatic heterocycles. The summed E-state index contributed by atoms with van der Waals surface area (Å²) in [7, 11) is 0. The Kier molecular flexibility index (Phi) is 5.03. The third-order valence-corrected chi connectivity index (χ3v) is 4.30. The first-order valence-electron chi connectivity index (χ1n) is 7.44. The molecule has 2 heterocycles. The minimum atomic E-state index is -0.0535. The van der Waals surface area contributed by atoms with Gasteiger partial charge in [0.2, 0.25) is 5.91 Å². The fourth-order valence-electron chi connectivity index (χ4n) is 2.37. The highest BCUT2D eigenvalue weighted by Gasteiger charge is 2.15. The average molecular weight is 317 g/mol. The van der Waals surface area contributed by atoms with Crippen molar-refractivity contribution in [2.24, 2.45) is 0 Å². The van der Waals surface area contributed by atoms with Crippen molar-refractivity contribution in [2.45, 2.75) is 25.4 Å². The predicted molar refractivity (Wildman–Crippen MR) is 88.4 cm³/mol. The predicted octanol–water partition coefficient (Wildman–Crippen LogP) is 2.92. The first-order chi connectivity index (χ1) is 10.8. The number of nitrogens with zero attached hydrogens (tertiary/aromatic N) is 1. The first kappa shape index (κ1) is 15.0. The second kappa shape index (κ2) is 7.38. The molecule has 1 fully saturated rings. The average Bonchev–Trinajstić information content (AvgIpc) is 3.17. The highest BCUT2D eigenvalue weighted by atomic mass is 32.1. The van der Waals surface area contributed by atoms with Gasteiger partial charge in [-0.15, -0.1) is 11.3 Å². The maximum Gasteiger partial charge on any atom is 0.230 e. The number of carbonyl (C=O) groups is 1. The van der Waals surface area contributed by atoms with E-state index in [-0.39, 0.29) is 18.4 Å². The van der Waals surface area contributed by atoms with E-state index >= 15 is 0 Å². The number of thiazole rings is 1. The van der Waals surface area contributed by atoms with Crippen molar-refractivity contribution in [1.29, 1.82) is 0 Å². The van der Waals surface area contributed by atoms with E-state index in [1.807, 2.05) is 35.7 Å². The summed E-state index contributed by atoms with van der Waals surface area (Å²) in [6.45, 7) is 1.64. The molecule has 1 aliphatic rings. The van der Waals surface area contributed by atoms with Crippen LogP contribution in [-0.4, -0.2) is 30.1 Å². The summed E-state index contributed by atoms with van der Waals surface area (Å²) in [5.74, 6) is -0.0535. The number of hydrogen-bond donors (Lipinski definition) is 2. The molecule has 1 amide bonds. The Morgan fingerprint density at radius 2 is 2.23 bits per heavy atom. The largest absolute Gasteiger partial charge is 0.376 e. The van der Waals surface area contributed by atoms with E-state index in [0.29, 0.717) is 0 Å². The smallest absolute Gasteiger partial charge is 0.230 e. The van der Waals surface area contributed by atoms with Crippen molar-refractivity contribution in [1.82, 2.24) is 4.98 Å². The number of anilines is 2. The van der Waals surface area contributed by atoms with Gasteiger partial charge in [-0.3, -0.25) is 4.79 Å². The summed E-state index contributed by atoms with van der Waals surface area (Å²) in [6, 6.07) is 9.44. The van der Waals surface area contributed by atoms with Gasteiger partial charge in [0.05, 0.1) is 18.2 Å². The van der Waals surface area contributed by atoms with Crippen LogP contribution in [0.4, 0.5) is 10.8 Å². The monoisotopic (exact) mass is 317 g/mol. The van der Waals surface area contributed by atoms with Crippen LogP contribution in [0.15, 0.2) is 35.7 Å². The number of nitrogens with one attached hydrogen (secondary N) is 2. The summed E-state index contributed by atoms with van der Waals surface area (Å²) in [5, 5.41) is 8.91. The lowest BCUT2D eigenvalue weighted by molar-refractivity contribution is -0.115. The molecule has 6 heteroatoms. The van der Waals surface area contributed by atoms with Crippen molar-refractivity contribution in [2.75, 3.05) is 23.8 Å². The fourth-order valence-corrected chi connectivity index (χ4v) is 3.09. The van der Waals surface area contributed by atoms with E-state index in [1.54, 1.807) is 0 Å². The van der Waals surface area contributed by atoms with Gasteiger partial charge in [-0.05, 0) is 25.0 Å². The van der Waals surface area contributed by atoms with Crippen molar-refractivity contribution in [3.05, 3.63) is 41.4 Å². The topological polar surface area (TPSA) is 63.2 Å². The van der Waals surface area contributed by atoms with Gasteiger partial charge >= 0.3 is 0 Å². The number of aromatic nitrogens is 1. The minimum absolute atomic E-state index is 0.0535. The molecule has 3 rings (SSSR count). The lowest BCUT2D eigenvalue weighted by Crippen LogP contribution is -2.18. The zero-order valence-corrected chi connectivity index (χ0v) is 13.1. The quantitative estimate of drug-likeness (QED) is 0.860. The number of para-hydroxylation sites is 1. The number of carbonyl (C=O) groups excluding carboxylic acids is 1. The van der Waals surface area contributed by atoms with E-state index < -0.39 is 0 Å². The molecule has 22 heavy (non-hydrogen) atoms. The molecule has 1 aromatic carbocycles. The maximum absolute atomic E-state index is 12.0. The zero-order chi connectivity index (χ0) is 15.2. The maximum atomic E-state index is 12.0. The molecule has 5 nitrogen and oxygen atoms in total. The van der Waals surface area contributed by atoms with Crippen LogP contribution in [-0.2, 0) is 16.0 Å². The second-order valence-corrected chi connectivity index (χ2v) is 6.11. The van der Waals surface area contributed by atoms with E-state index in [2.05, 4.69) is 15.6 Å². The Labute approximate surface area is 133 Å². The molecule has 0 aliphatic carbocycles. The van der Waals surface area contributed by atoms with Crippen LogP contribution in [0.3, 0.4) is 0 Å². The molecule has 0 saturated carbocycles. The molecule has 0 radical (unpaired) electrons. The third-order valence-electron chi connectivity index (χ3n) is 3.46. The van der Waals surface area contributed by atoms with Crippen LogP contribution >= 0.6 is 11.3 Å². The zero-order valence-electron chi connectivity index (χ0n) is 12.2. The summed E-state index contributed by atoms with van der Waals surface area (Å²) in [5.41, 5.74) is 1.59. The van der Waals surface area contributed by atoms with E-state index in [1.165, 1.54) is 11.3 Å². The summed E-state index contributed by atoms with van der Waals surface area (Å²) in [4.78, 5) is 16.4. The molecule has 1 saturated heterocycles. The van der Waals surface area contributed by atoms with E-state index in [9.17, 15) is 4.79 Å². The van der Waals surface area contributed by atoms with E-state index in [0.717, 1.165) is 42.5 Å². The number of rotatable bonds is 6. The number of amides is 1. The van der Waals surface area contributed by atoms with Gasteiger partial charge in [-0.2, -0.15) is 0 Å². The molecular weight excluding hydrogens is 298 g/mol. The van der Waals surface area contributed by atoms with Gasteiger partial charge in [-0.25, -0.2) is 4.98 Å². The Balaban J connectivity index is 1.47. The lowest BCUT2D eigenvalue weighted by atomic mass is 10.2. The van der Waals surface area contributed by atoms with Gasteiger partial charge in [0.15, 0.2) is 5.13 Å². The highest BCUT2D eigenvalue weighted by molar-refractivity contribution is 7.13. The Morgan fingerprint density at radius 3 is 3.00 bits per heavy atom. The lowest BCUT2D eigenvalue weighted by Gasteiger charge is -2.09. The van der Waals surface area contributed by atoms with Crippen LogP contribution < -0.4 is 10.6 Å². The molecule has 0 spiro atoms. The van der Waals surface area contributed by atoms with Crippen LogP contribution in [0, 0.1) is 0 Å². The summed E-state index contributed by atoms with van der Waals surface area (Å²) in [6.07, 6.45) is 2.81. The molecular formula is C16H19N3O2S. The number of ether oxygens (including phenoxy) is 1. The van der Waals surface area contributed by atoms with Gasteiger partial charge in [0.1, 0.15) is 0 Å². The Hall–Kier alpha value is -1.92. The molecule has 116 valence electrons. The Bertz CT molecular complexity index is 609. The molecule has 1 atom stereocenters. The molecule has 0 unspecified atom stereocenters. The van der Waals surface area contributed by atoms with Crippen molar-refractivity contribution < 1.29 is 9.53 Å². The van der Waals surface area contributed by atoms with Gasteiger partial charge in [0, 0.05) is 24.2 Å². The van der Waals surface area contributed by atoms with Crippen molar-refractivity contribution in [3.63, 3.8) is 0 Å². The number of benzene rings is 1. The molecule has 1 aromatic heterocycles. The van der Waals surface area contributed by atoms with Gasteiger partial charge < -0.3 is 15.4 Å². The van der Waals surface area contributed by atoms with Gasteiger partial charge in [0.25, 0.3) is 0 Å². The van der Waals surface area contributed by atoms with Crippen molar-refractivity contribution >= 4 is 28.1 Å². The van der Waals surface area contributed by atoms with Crippen LogP contribution in [0.5, 0.6) is 0 Å². The Morgan fingerprint density at radius 1 is 1.36 bits per heavy atom. The molecule has 2 N–H and O–H groups in total. The van der Waals surface area contributed by atoms with Crippen LogP contribution in [0.1, 0.15) is 18.5 Å². The normalized spacial score (nSPS) is 17.4. The van der Waals surface area contributed by atoms with Crippen LogP contribution in [0.25, 0.3) is 0 Å². The standard InChI is InChI=1S/C16H19N3O2S/c20-15(18-12-5-2-1-3-6-12)9-13-11-22-16(19-13)17-10-14-7-4-8-21-14/h1-3,5-6,11,14H,4,7-10H2,(H,17,19)(H,18,20)/t14-/m1/s1. The van der Waals surface area contributed by atoms with Crippen LogP contribution in [0.2, 0.25) is 0 Å². The highest BCUT2D eigenvalue weighted by Crippen LogP contribution is 2.18. The summed E-state index contributed by atoms with van der Waals surface area (Å²) < 4.78 is 5.56. The first-order valence-corrected chi connectivity index (χ1v) is 8.32. The molecule has 2 aromatic rings. The second-order valence-electron chi connectivity index (χ2n) is 5.25. The number of hydrogen-bond acceptors (Lipinski definition) is 5. The van der Waals surface area contributed by atoms with E-state index in [4.69, 9.17) is 4.74 Å². The minimum Gasteiger partial charge on any atom is -0.376 e. The molecule has 0 bridgehead atoms. The van der Waals surface area contributed by atoms with Crippen molar-refractivity contribution in [3.8, 4) is 0 Å². The fraction of sp³-hybridized carbons (Fsp3) is 0.375. The summed E-state index contributed by atoms with van der Waals surface area (Å²) >= 11 is 1.52.